The van der Waals surface area contributed by atoms with E-state index >= 15 is 0 Å². The predicted molar refractivity (Wildman–Crippen MR) is 85.4 cm³/mol. The van der Waals surface area contributed by atoms with Crippen LogP contribution in [0, 0.1) is 6.92 Å². The highest BCUT2D eigenvalue weighted by Crippen LogP contribution is 2.15. The van der Waals surface area contributed by atoms with E-state index in [1.54, 1.807) is 12.1 Å². The standard InChI is InChI=1S/C18H15NO3/c1-12-5-4-6-13(9-12)10-19-11-15(18(21)22)17(20)14-7-2-3-8-16(14)19/h2-9,11H,10H2,1H3,(H,21,22). The van der Waals surface area contributed by atoms with Crippen LogP contribution in [0.5, 0.6) is 0 Å². The van der Waals surface area contributed by atoms with Crippen molar-refractivity contribution in [2.24, 2.45) is 0 Å². The molecule has 4 nitrogen and oxygen atoms in total. The maximum atomic E-state index is 12.2. The van der Waals surface area contributed by atoms with Crippen LogP contribution in [0.4, 0.5) is 0 Å². The Bertz CT molecular complexity index is 925. The first kappa shape index (κ1) is 14.1. The number of carbonyl (C=O) groups is 1. The lowest BCUT2D eigenvalue weighted by Gasteiger charge is -2.12. The monoisotopic (exact) mass is 293 g/mol. The van der Waals surface area contributed by atoms with Crippen LogP contribution in [0.1, 0.15) is 21.5 Å². The van der Waals surface area contributed by atoms with Crippen LogP contribution in [-0.2, 0) is 6.54 Å². The molecule has 0 aliphatic carbocycles. The second-order valence-corrected chi connectivity index (χ2v) is 5.31. The normalized spacial score (nSPS) is 10.8. The third-order valence-corrected chi connectivity index (χ3v) is 3.65. The molecule has 2 aromatic carbocycles. The molecule has 0 unspecified atom stereocenters. The number of pyridine rings is 1. The Labute approximate surface area is 127 Å². The van der Waals surface area contributed by atoms with Crippen LogP contribution in [0.2, 0.25) is 0 Å². The first-order valence-corrected chi connectivity index (χ1v) is 6.97. The van der Waals surface area contributed by atoms with Crippen molar-refractivity contribution in [3.05, 3.63) is 81.6 Å². The molecule has 3 aromatic rings. The van der Waals surface area contributed by atoms with Gasteiger partial charge in [-0.15, -0.1) is 0 Å². The molecule has 0 saturated heterocycles. The van der Waals surface area contributed by atoms with Gasteiger partial charge in [0.05, 0.1) is 5.52 Å². The highest BCUT2D eigenvalue weighted by molar-refractivity contribution is 5.92. The van der Waals surface area contributed by atoms with Crippen molar-refractivity contribution in [2.75, 3.05) is 0 Å². The lowest BCUT2D eigenvalue weighted by molar-refractivity contribution is 0.0695. The van der Waals surface area contributed by atoms with Gasteiger partial charge in [-0.3, -0.25) is 4.79 Å². The summed E-state index contributed by atoms with van der Waals surface area (Å²) in [5, 5.41) is 9.67. The number of rotatable bonds is 3. The molecule has 0 radical (unpaired) electrons. The lowest BCUT2D eigenvalue weighted by Crippen LogP contribution is -2.19. The van der Waals surface area contributed by atoms with Crippen LogP contribution in [-0.4, -0.2) is 15.6 Å². The second-order valence-electron chi connectivity index (χ2n) is 5.31. The Kier molecular flexibility index (Phi) is 3.51. The second kappa shape index (κ2) is 5.48. The van der Waals surface area contributed by atoms with Crippen LogP contribution in [0.15, 0.2) is 59.5 Å². The van der Waals surface area contributed by atoms with Crippen molar-refractivity contribution in [1.82, 2.24) is 4.57 Å². The van der Waals surface area contributed by atoms with Gasteiger partial charge in [0.1, 0.15) is 5.56 Å². The first-order valence-electron chi connectivity index (χ1n) is 6.97. The summed E-state index contributed by atoms with van der Waals surface area (Å²) in [6.45, 7) is 2.53. The maximum Gasteiger partial charge on any atom is 0.341 e. The number of aromatic carboxylic acids is 1. The van der Waals surface area contributed by atoms with E-state index in [1.165, 1.54) is 6.20 Å². The van der Waals surface area contributed by atoms with E-state index in [4.69, 9.17) is 0 Å². The summed E-state index contributed by atoms with van der Waals surface area (Å²) in [4.78, 5) is 23.5. The molecule has 1 aromatic heterocycles. The molecule has 0 spiro atoms. The molecule has 0 aliphatic heterocycles. The largest absolute Gasteiger partial charge is 0.477 e. The maximum absolute atomic E-state index is 12.2. The number of carboxylic acids is 1. The molecule has 22 heavy (non-hydrogen) atoms. The Morgan fingerprint density at radius 1 is 1.14 bits per heavy atom. The zero-order chi connectivity index (χ0) is 15.7. The van der Waals surface area contributed by atoms with Gasteiger partial charge >= 0.3 is 5.97 Å². The van der Waals surface area contributed by atoms with E-state index in [0.717, 1.165) is 16.6 Å². The molecule has 0 amide bonds. The van der Waals surface area contributed by atoms with Gasteiger partial charge in [0.25, 0.3) is 0 Å². The Morgan fingerprint density at radius 2 is 1.91 bits per heavy atom. The van der Waals surface area contributed by atoms with Gasteiger partial charge in [-0.05, 0) is 24.6 Å². The number of carboxylic acid groups (broad SMARTS) is 1. The summed E-state index contributed by atoms with van der Waals surface area (Å²) < 4.78 is 1.81. The fourth-order valence-electron chi connectivity index (χ4n) is 2.64. The average Bonchev–Trinajstić information content (AvgIpc) is 2.50. The molecule has 3 rings (SSSR count). The molecule has 4 heteroatoms. The van der Waals surface area contributed by atoms with Crippen molar-refractivity contribution >= 4 is 16.9 Å². The number of nitrogens with zero attached hydrogens (tertiary/aromatic N) is 1. The molecular weight excluding hydrogens is 278 g/mol. The lowest BCUT2D eigenvalue weighted by atomic mass is 10.1. The number of para-hydroxylation sites is 1. The van der Waals surface area contributed by atoms with Crippen LogP contribution in [0.3, 0.4) is 0 Å². The Balaban J connectivity index is 2.22. The quantitative estimate of drug-likeness (QED) is 0.807. The average molecular weight is 293 g/mol. The van der Waals surface area contributed by atoms with Crippen LogP contribution < -0.4 is 5.43 Å². The molecule has 0 bridgehead atoms. The van der Waals surface area contributed by atoms with E-state index < -0.39 is 11.4 Å². The molecule has 0 fully saturated rings. The molecular formula is C18H15NO3. The zero-order valence-corrected chi connectivity index (χ0v) is 12.1. The topological polar surface area (TPSA) is 59.3 Å². The Morgan fingerprint density at radius 3 is 2.64 bits per heavy atom. The van der Waals surface area contributed by atoms with Gasteiger partial charge in [-0.1, -0.05) is 42.0 Å². The van der Waals surface area contributed by atoms with E-state index in [9.17, 15) is 14.7 Å². The summed E-state index contributed by atoms with van der Waals surface area (Å²) in [5.41, 5.74) is 2.29. The van der Waals surface area contributed by atoms with Crippen LogP contribution >= 0.6 is 0 Å². The fraction of sp³-hybridized carbons (Fsp3) is 0.111. The first-order chi connectivity index (χ1) is 10.6. The van der Waals surface area contributed by atoms with Gasteiger partial charge in [0.2, 0.25) is 5.43 Å². The minimum absolute atomic E-state index is 0.202. The van der Waals surface area contributed by atoms with Crippen molar-refractivity contribution in [3.63, 3.8) is 0 Å². The van der Waals surface area contributed by atoms with Crippen molar-refractivity contribution < 1.29 is 9.90 Å². The molecule has 0 saturated carbocycles. The minimum atomic E-state index is -1.20. The number of hydrogen-bond acceptors (Lipinski definition) is 2. The summed E-state index contributed by atoms with van der Waals surface area (Å²) in [5.74, 6) is -1.20. The highest BCUT2D eigenvalue weighted by atomic mass is 16.4. The van der Waals surface area contributed by atoms with E-state index in [0.29, 0.717) is 11.9 Å². The van der Waals surface area contributed by atoms with Crippen molar-refractivity contribution in [3.8, 4) is 0 Å². The summed E-state index contributed by atoms with van der Waals surface area (Å²) in [7, 11) is 0. The van der Waals surface area contributed by atoms with Gasteiger partial charge in [0.15, 0.2) is 0 Å². The molecule has 1 heterocycles. The summed E-state index contributed by atoms with van der Waals surface area (Å²) in [6, 6.07) is 15.1. The van der Waals surface area contributed by atoms with Gasteiger partial charge in [-0.25, -0.2) is 4.79 Å². The number of benzene rings is 2. The molecule has 110 valence electrons. The van der Waals surface area contributed by atoms with Crippen molar-refractivity contribution in [2.45, 2.75) is 13.5 Å². The zero-order valence-electron chi connectivity index (χ0n) is 12.1. The van der Waals surface area contributed by atoms with E-state index in [-0.39, 0.29) is 5.56 Å². The Hall–Kier alpha value is -2.88. The van der Waals surface area contributed by atoms with Crippen molar-refractivity contribution in [1.29, 1.82) is 0 Å². The summed E-state index contributed by atoms with van der Waals surface area (Å²) >= 11 is 0. The third kappa shape index (κ3) is 2.51. The number of aromatic nitrogens is 1. The summed E-state index contributed by atoms with van der Waals surface area (Å²) in [6.07, 6.45) is 1.43. The highest BCUT2D eigenvalue weighted by Gasteiger charge is 2.14. The SMILES string of the molecule is Cc1cccc(Cn2cc(C(=O)O)c(=O)c3ccccc32)c1. The molecule has 0 atom stereocenters. The number of fused-ring (bicyclic) bond motifs is 1. The third-order valence-electron chi connectivity index (χ3n) is 3.65. The number of aryl methyl sites for hydroxylation is 1. The molecule has 1 N–H and O–H groups in total. The van der Waals surface area contributed by atoms with Crippen LogP contribution in [0.25, 0.3) is 10.9 Å². The van der Waals surface area contributed by atoms with Gasteiger partial charge in [0, 0.05) is 18.1 Å². The number of hydrogen-bond donors (Lipinski definition) is 1. The molecule has 0 aliphatic rings. The van der Waals surface area contributed by atoms with E-state index in [1.807, 2.05) is 47.9 Å². The van der Waals surface area contributed by atoms with Gasteiger partial charge in [-0.2, -0.15) is 0 Å². The minimum Gasteiger partial charge on any atom is -0.477 e. The predicted octanol–water partition coefficient (Wildman–Crippen LogP) is 3.06. The fourth-order valence-corrected chi connectivity index (χ4v) is 2.64. The van der Waals surface area contributed by atoms with E-state index in [2.05, 4.69) is 0 Å². The van der Waals surface area contributed by atoms with Gasteiger partial charge < -0.3 is 9.67 Å². The smallest absolute Gasteiger partial charge is 0.341 e.